The number of anilines is 1. The third kappa shape index (κ3) is 2.82. The monoisotopic (exact) mass is 406 g/mol. The van der Waals surface area contributed by atoms with E-state index in [1.807, 2.05) is 55.5 Å². The molecule has 156 valence electrons. The predicted molar refractivity (Wildman–Crippen MR) is 113 cm³/mol. The number of aryl methyl sites for hydroxylation is 1. The first-order valence-corrected chi connectivity index (χ1v) is 10.1. The zero-order valence-electron chi connectivity index (χ0n) is 17.9. The standard InChI is InChI=1S/C24H26N2O4/c1-15-11-12-19-18(13-15)24(21(28)25(19)5)17(16-9-7-6-8-10-16)14-20(27)26(24)22(29)30-23(2,3)4/h6-13,17H,14H2,1-5H3/t17-,24+/m1/s1. The number of rotatable bonds is 1. The highest BCUT2D eigenvalue weighted by Gasteiger charge is 2.67. The van der Waals surface area contributed by atoms with Gasteiger partial charge >= 0.3 is 6.09 Å². The number of carbonyl (C=O) groups excluding carboxylic acids is 3. The second kappa shape index (κ2) is 6.69. The van der Waals surface area contributed by atoms with Crippen molar-refractivity contribution in [3.8, 4) is 0 Å². The van der Waals surface area contributed by atoms with E-state index in [0.717, 1.165) is 16.0 Å². The summed E-state index contributed by atoms with van der Waals surface area (Å²) in [5.41, 5.74) is 0.901. The molecule has 1 saturated heterocycles. The number of fused-ring (bicyclic) bond motifs is 2. The van der Waals surface area contributed by atoms with Gasteiger partial charge in [0.2, 0.25) is 5.91 Å². The third-order valence-corrected chi connectivity index (χ3v) is 5.82. The summed E-state index contributed by atoms with van der Waals surface area (Å²) in [7, 11) is 1.68. The molecular formula is C24H26N2O4. The number of carbonyl (C=O) groups is 3. The summed E-state index contributed by atoms with van der Waals surface area (Å²) in [6, 6.07) is 15.2. The normalized spacial score (nSPS) is 23.3. The van der Waals surface area contributed by atoms with E-state index >= 15 is 0 Å². The summed E-state index contributed by atoms with van der Waals surface area (Å²) in [6.45, 7) is 7.16. The van der Waals surface area contributed by atoms with Gasteiger partial charge in [0.25, 0.3) is 5.91 Å². The highest BCUT2D eigenvalue weighted by molar-refractivity contribution is 6.15. The van der Waals surface area contributed by atoms with Gasteiger partial charge in [0.05, 0.1) is 0 Å². The first-order chi connectivity index (χ1) is 14.1. The Morgan fingerprint density at radius 2 is 1.77 bits per heavy atom. The van der Waals surface area contributed by atoms with Crippen LogP contribution < -0.4 is 4.90 Å². The maximum atomic E-state index is 13.8. The first-order valence-electron chi connectivity index (χ1n) is 10.1. The predicted octanol–water partition coefficient (Wildman–Crippen LogP) is 4.12. The van der Waals surface area contributed by atoms with Crippen molar-refractivity contribution < 1.29 is 19.1 Å². The van der Waals surface area contributed by atoms with Crippen LogP contribution in [0.4, 0.5) is 10.5 Å². The van der Waals surface area contributed by atoms with Crippen molar-refractivity contribution in [1.29, 1.82) is 0 Å². The summed E-state index contributed by atoms with van der Waals surface area (Å²) in [4.78, 5) is 43.0. The molecule has 0 aliphatic carbocycles. The molecule has 0 saturated carbocycles. The van der Waals surface area contributed by atoms with Crippen molar-refractivity contribution in [3.05, 3.63) is 65.2 Å². The van der Waals surface area contributed by atoms with Gasteiger partial charge in [-0.15, -0.1) is 0 Å². The lowest BCUT2D eigenvalue weighted by Gasteiger charge is -2.37. The number of nitrogens with zero attached hydrogens (tertiary/aromatic N) is 2. The van der Waals surface area contributed by atoms with Crippen LogP contribution in [-0.4, -0.2) is 35.5 Å². The SMILES string of the molecule is Cc1ccc2c(c1)[C@]1(C(=O)N2C)[C@@H](c2ccccc2)CC(=O)N1C(=O)OC(C)(C)C. The Bertz CT molecular complexity index is 1040. The van der Waals surface area contributed by atoms with Crippen molar-refractivity contribution in [1.82, 2.24) is 4.90 Å². The zero-order valence-corrected chi connectivity index (χ0v) is 17.9. The van der Waals surface area contributed by atoms with E-state index in [2.05, 4.69) is 0 Å². The molecule has 0 aromatic heterocycles. The van der Waals surface area contributed by atoms with Crippen molar-refractivity contribution >= 4 is 23.6 Å². The number of ether oxygens (including phenoxy) is 1. The van der Waals surface area contributed by atoms with Crippen LogP contribution in [0.5, 0.6) is 0 Å². The molecule has 2 aliphatic rings. The maximum Gasteiger partial charge on any atom is 0.418 e. The largest absolute Gasteiger partial charge is 0.443 e. The molecule has 2 aromatic carbocycles. The molecular weight excluding hydrogens is 380 g/mol. The molecule has 4 rings (SSSR count). The lowest BCUT2D eigenvalue weighted by Crippen LogP contribution is -2.55. The van der Waals surface area contributed by atoms with Crippen LogP contribution in [0.3, 0.4) is 0 Å². The molecule has 2 aromatic rings. The molecule has 1 fully saturated rings. The van der Waals surface area contributed by atoms with E-state index < -0.39 is 29.1 Å². The lowest BCUT2D eigenvalue weighted by atomic mass is 9.75. The van der Waals surface area contributed by atoms with Crippen LogP contribution in [0.1, 0.15) is 49.8 Å². The molecule has 6 nitrogen and oxygen atoms in total. The van der Waals surface area contributed by atoms with Gasteiger partial charge in [0.1, 0.15) is 5.60 Å². The minimum atomic E-state index is -1.46. The van der Waals surface area contributed by atoms with Crippen LogP contribution in [0.2, 0.25) is 0 Å². The quantitative estimate of drug-likeness (QED) is 0.715. The number of likely N-dealkylation sites (tertiary alicyclic amines) is 1. The Balaban J connectivity index is 1.99. The molecule has 6 heteroatoms. The molecule has 0 unspecified atom stereocenters. The van der Waals surface area contributed by atoms with Gasteiger partial charge in [0, 0.05) is 30.6 Å². The van der Waals surface area contributed by atoms with Crippen molar-refractivity contribution in [3.63, 3.8) is 0 Å². The molecule has 2 aliphatic heterocycles. The summed E-state index contributed by atoms with van der Waals surface area (Å²) < 4.78 is 5.59. The van der Waals surface area contributed by atoms with Crippen molar-refractivity contribution in [2.45, 2.75) is 51.2 Å². The van der Waals surface area contributed by atoms with Crippen LogP contribution in [0, 0.1) is 6.92 Å². The van der Waals surface area contributed by atoms with Gasteiger partial charge in [-0.3, -0.25) is 9.59 Å². The van der Waals surface area contributed by atoms with Crippen LogP contribution in [-0.2, 0) is 19.9 Å². The molecule has 3 amide bonds. The van der Waals surface area contributed by atoms with Gasteiger partial charge < -0.3 is 9.64 Å². The van der Waals surface area contributed by atoms with E-state index in [-0.39, 0.29) is 12.3 Å². The number of amides is 3. The number of imide groups is 1. The molecule has 30 heavy (non-hydrogen) atoms. The number of hydrogen-bond acceptors (Lipinski definition) is 4. The van der Waals surface area contributed by atoms with Gasteiger partial charge in [-0.1, -0.05) is 48.0 Å². The maximum absolute atomic E-state index is 13.8. The highest BCUT2D eigenvalue weighted by Crippen LogP contribution is 2.57. The van der Waals surface area contributed by atoms with E-state index in [1.165, 1.54) is 0 Å². The van der Waals surface area contributed by atoms with Crippen molar-refractivity contribution in [2.24, 2.45) is 0 Å². The Kier molecular flexibility index (Phi) is 4.49. The van der Waals surface area contributed by atoms with Gasteiger partial charge in [-0.2, -0.15) is 0 Å². The summed E-state index contributed by atoms with van der Waals surface area (Å²) >= 11 is 0. The van der Waals surface area contributed by atoms with E-state index in [0.29, 0.717) is 11.3 Å². The number of hydrogen-bond donors (Lipinski definition) is 0. The Labute approximate surface area is 176 Å². The lowest BCUT2D eigenvalue weighted by molar-refractivity contribution is -0.138. The summed E-state index contributed by atoms with van der Waals surface area (Å²) in [5.74, 6) is -1.21. The Hall–Kier alpha value is -3.15. The molecule has 2 heterocycles. The minimum Gasteiger partial charge on any atom is -0.443 e. The minimum absolute atomic E-state index is 0.0518. The second-order valence-corrected chi connectivity index (χ2v) is 9.03. The number of benzene rings is 2. The topological polar surface area (TPSA) is 66.9 Å². The summed E-state index contributed by atoms with van der Waals surface area (Å²) in [6.07, 6.45) is -0.738. The molecule has 0 bridgehead atoms. The van der Waals surface area contributed by atoms with Crippen LogP contribution in [0.15, 0.2) is 48.5 Å². The zero-order chi connectivity index (χ0) is 21.8. The van der Waals surface area contributed by atoms with E-state index in [1.54, 1.807) is 32.7 Å². The third-order valence-electron chi connectivity index (χ3n) is 5.82. The smallest absolute Gasteiger partial charge is 0.418 e. The fraction of sp³-hybridized carbons (Fsp3) is 0.375. The average molecular weight is 406 g/mol. The summed E-state index contributed by atoms with van der Waals surface area (Å²) in [5, 5.41) is 0. The van der Waals surface area contributed by atoms with Gasteiger partial charge in [-0.05, 0) is 39.3 Å². The average Bonchev–Trinajstić information content (AvgIpc) is 3.09. The molecule has 0 N–H and O–H groups in total. The second-order valence-electron chi connectivity index (χ2n) is 9.03. The molecule has 2 atom stereocenters. The highest BCUT2D eigenvalue weighted by atomic mass is 16.6. The van der Waals surface area contributed by atoms with Crippen LogP contribution in [0.25, 0.3) is 0 Å². The fourth-order valence-electron chi connectivity index (χ4n) is 4.64. The first kappa shape index (κ1) is 20.1. The molecule has 0 radical (unpaired) electrons. The Morgan fingerprint density at radius 1 is 1.10 bits per heavy atom. The van der Waals surface area contributed by atoms with Gasteiger partial charge in [0.15, 0.2) is 5.54 Å². The van der Waals surface area contributed by atoms with Crippen molar-refractivity contribution in [2.75, 3.05) is 11.9 Å². The van der Waals surface area contributed by atoms with E-state index in [4.69, 9.17) is 4.74 Å². The van der Waals surface area contributed by atoms with E-state index in [9.17, 15) is 14.4 Å². The van der Waals surface area contributed by atoms with Crippen LogP contribution >= 0.6 is 0 Å². The molecule has 1 spiro atoms. The number of likely N-dealkylation sites (N-methyl/N-ethyl adjacent to an activating group) is 1. The fourth-order valence-corrected chi connectivity index (χ4v) is 4.64. The van der Waals surface area contributed by atoms with Gasteiger partial charge in [-0.25, -0.2) is 9.69 Å². The Morgan fingerprint density at radius 3 is 2.40 bits per heavy atom.